The molecule has 1 fully saturated rings. The molecule has 24 heavy (non-hydrogen) atoms. The minimum atomic E-state index is -0.836. The van der Waals surface area contributed by atoms with Crippen molar-refractivity contribution >= 4 is 17.7 Å². The minimum Gasteiger partial charge on any atom is -0.351 e. The Labute approximate surface area is 147 Å². The van der Waals surface area contributed by atoms with Crippen molar-refractivity contribution in [2.75, 3.05) is 24.6 Å². The first-order valence-electron chi connectivity index (χ1n) is 8.64. The Hall–Kier alpha value is -1.14. The van der Waals surface area contributed by atoms with E-state index in [0.29, 0.717) is 13.0 Å². The predicted molar refractivity (Wildman–Crippen MR) is 95.4 cm³/mol. The van der Waals surface area contributed by atoms with Gasteiger partial charge in [0.1, 0.15) is 0 Å². The SMILES string of the molecule is CCCCSCCC(=O)NC1CNCCC1c1ccc(F)c(F)c1. The number of piperidine rings is 1. The fourth-order valence-electron chi connectivity index (χ4n) is 2.94. The van der Waals surface area contributed by atoms with E-state index in [4.69, 9.17) is 0 Å². The van der Waals surface area contributed by atoms with E-state index in [0.717, 1.165) is 36.1 Å². The van der Waals surface area contributed by atoms with Crippen molar-refractivity contribution in [3.05, 3.63) is 35.4 Å². The minimum absolute atomic E-state index is 0.0121. The highest BCUT2D eigenvalue weighted by Gasteiger charge is 2.28. The van der Waals surface area contributed by atoms with E-state index in [1.54, 1.807) is 17.8 Å². The van der Waals surface area contributed by atoms with Crippen LogP contribution in [0.15, 0.2) is 18.2 Å². The Morgan fingerprint density at radius 2 is 2.17 bits per heavy atom. The third kappa shape index (κ3) is 5.74. The standard InChI is InChI=1S/C18H26F2N2OS/c1-2-3-9-24-10-7-18(23)22-17-12-21-8-6-14(17)13-4-5-15(19)16(20)11-13/h4-5,11,14,17,21H,2-3,6-10,12H2,1H3,(H,22,23). The average Bonchev–Trinajstić information content (AvgIpc) is 2.58. The third-order valence-electron chi connectivity index (χ3n) is 4.32. The van der Waals surface area contributed by atoms with Crippen LogP contribution in [0.4, 0.5) is 8.78 Å². The number of thioether (sulfide) groups is 1. The number of amides is 1. The van der Waals surface area contributed by atoms with E-state index in [1.165, 1.54) is 18.9 Å². The smallest absolute Gasteiger partial charge is 0.221 e. The van der Waals surface area contributed by atoms with Crippen LogP contribution in [-0.4, -0.2) is 36.5 Å². The summed E-state index contributed by atoms with van der Waals surface area (Å²) in [6, 6.07) is 3.95. The van der Waals surface area contributed by atoms with Crippen LogP contribution in [0.3, 0.4) is 0 Å². The molecule has 3 nitrogen and oxygen atoms in total. The van der Waals surface area contributed by atoms with Gasteiger partial charge in [-0.05, 0) is 42.8 Å². The van der Waals surface area contributed by atoms with Crippen LogP contribution in [-0.2, 0) is 4.79 Å². The van der Waals surface area contributed by atoms with E-state index in [1.807, 2.05) is 0 Å². The van der Waals surface area contributed by atoms with Gasteiger partial charge in [0.05, 0.1) is 0 Å². The molecule has 0 radical (unpaired) electrons. The average molecular weight is 356 g/mol. The predicted octanol–water partition coefficient (Wildman–Crippen LogP) is 3.45. The molecule has 1 aliphatic rings. The molecule has 1 saturated heterocycles. The molecule has 1 amide bonds. The van der Waals surface area contributed by atoms with E-state index < -0.39 is 11.6 Å². The summed E-state index contributed by atoms with van der Waals surface area (Å²) < 4.78 is 26.7. The molecule has 0 aliphatic carbocycles. The summed E-state index contributed by atoms with van der Waals surface area (Å²) in [5.74, 6) is 0.285. The second-order valence-electron chi connectivity index (χ2n) is 6.16. The van der Waals surface area contributed by atoms with Crippen molar-refractivity contribution in [2.45, 2.75) is 44.6 Å². The van der Waals surface area contributed by atoms with Crippen LogP contribution < -0.4 is 10.6 Å². The van der Waals surface area contributed by atoms with Crippen LogP contribution >= 0.6 is 11.8 Å². The van der Waals surface area contributed by atoms with Crippen LogP contribution in [0, 0.1) is 11.6 Å². The number of hydrogen-bond acceptors (Lipinski definition) is 3. The van der Waals surface area contributed by atoms with Gasteiger partial charge in [-0.25, -0.2) is 8.78 Å². The Balaban J connectivity index is 1.89. The van der Waals surface area contributed by atoms with Gasteiger partial charge in [0.2, 0.25) is 5.91 Å². The molecule has 134 valence electrons. The molecule has 2 unspecified atom stereocenters. The topological polar surface area (TPSA) is 41.1 Å². The highest BCUT2D eigenvalue weighted by atomic mass is 32.2. The van der Waals surface area contributed by atoms with Gasteiger partial charge in [-0.3, -0.25) is 4.79 Å². The Morgan fingerprint density at radius 3 is 2.92 bits per heavy atom. The van der Waals surface area contributed by atoms with Crippen molar-refractivity contribution < 1.29 is 13.6 Å². The van der Waals surface area contributed by atoms with E-state index in [2.05, 4.69) is 17.6 Å². The molecule has 1 heterocycles. The molecule has 1 aliphatic heterocycles. The first kappa shape index (κ1) is 19.2. The fourth-order valence-corrected chi connectivity index (χ4v) is 3.97. The normalized spacial score (nSPS) is 20.8. The number of hydrogen-bond donors (Lipinski definition) is 2. The van der Waals surface area contributed by atoms with Gasteiger partial charge in [0.25, 0.3) is 0 Å². The third-order valence-corrected chi connectivity index (χ3v) is 5.39. The summed E-state index contributed by atoms with van der Waals surface area (Å²) in [4.78, 5) is 12.2. The van der Waals surface area contributed by atoms with Gasteiger partial charge in [0.15, 0.2) is 11.6 Å². The summed E-state index contributed by atoms with van der Waals surface area (Å²) >= 11 is 1.80. The summed E-state index contributed by atoms with van der Waals surface area (Å²) in [6.45, 7) is 3.61. The van der Waals surface area contributed by atoms with Gasteiger partial charge in [-0.2, -0.15) is 11.8 Å². The zero-order valence-electron chi connectivity index (χ0n) is 14.1. The molecule has 0 saturated carbocycles. The molecule has 0 bridgehead atoms. The fraction of sp³-hybridized carbons (Fsp3) is 0.611. The second kappa shape index (κ2) is 9.99. The monoisotopic (exact) mass is 356 g/mol. The molecule has 0 aromatic heterocycles. The molecule has 2 atom stereocenters. The molecule has 0 spiro atoms. The lowest BCUT2D eigenvalue weighted by Crippen LogP contribution is -2.50. The zero-order valence-corrected chi connectivity index (χ0v) is 14.9. The first-order valence-corrected chi connectivity index (χ1v) is 9.80. The zero-order chi connectivity index (χ0) is 17.4. The van der Waals surface area contributed by atoms with E-state index in [9.17, 15) is 13.6 Å². The molecule has 1 aromatic rings. The molecule has 2 rings (SSSR count). The van der Waals surface area contributed by atoms with Crippen LogP contribution in [0.25, 0.3) is 0 Å². The van der Waals surface area contributed by atoms with Gasteiger partial charge in [-0.1, -0.05) is 19.4 Å². The molecular weight excluding hydrogens is 330 g/mol. The van der Waals surface area contributed by atoms with Crippen molar-refractivity contribution in [1.29, 1.82) is 0 Å². The lowest BCUT2D eigenvalue weighted by Gasteiger charge is -2.33. The van der Waals surface area contributed by atoms with E-state index in [-0.39, 0.29) is 17.9 Å². The summed E-state index contributed by atoms with van der Waals surface area (Å²) in [5, 5.41) is 6.32. The van der Waals surface area contributed by atoms with Crippen LogP contribution in [0.5, 0.6) is 0 Å². The number of benzene rings is 1. The highest BCUT2D eigenvalue weighted by Crippen LogP contribution is 2.27. The lowest BCUT2D eigenvalue weighted by molar-refractivity contribution is -0.121. The molecular formula is C18H26F2N2OS. The van der Waals surface area contributed by atoms with Crippen molar-refractivity contribution in [3.8, 4) is 0 Å². The van der Waals surface area contributed by atoms with Crippen LogP contribution in [0.2, 0.25) is 0 Å². The van der Waals surface area contributed by atoms with Crippen molar-refractivity contribution in [2.24, 2.45) is 0 Å². The van der Waals surface area contributed by atoms with Gasteiger partial charge in [-0.15, -0.1) is 0 Å². The lowest BCUT2D eigenvalue weighted by atomic mass is 9.86. The number of unbranched alkanes of at least 4 members (excludes halogenated alkanes) is 1. The largest absolute Gasteiger partial charge is 0.351 e. The summed E-state index contributed by atoms with van der Waals surface area (Å²) in [7, 11) is 0. The quantitative estimate of drug-likeness (QED) is 0.701. The maximum absolute atomic E-state index is 13.5. The number of rotatable bonds is 8. The molecule has 2 N–H and O–H groups in total. The number of halogens is 2. The Morgan fingerprint density at radius 1 is 1.33 bits per heavy atom. The maximum atomic E-state index is 13.5. The maximum Gasteiger partial charge on any atom is 0.221 e. The first-order chi connectivity index (χ1) is 11.6. The summed E-state index contributed by atoms with van der Waals surface area (Å²) in [5.41, 5.74) is 0.748. The number of nitrogens with one attached hydrogen (secondary N) is 2. The molecule has 6 heteroatoms. The summed E-state index contributed by atoms with van der Waals surface area (Å²) in [6.07, 6.45) is 3.64. The van der Waals surface area contributed by atoms with Crippen LogP contribution in [0.1, 0.15) is 44.1 Å². The van der Waals surface area contributed by atoms with Gasteiger partial charge < -0.3 is 10.6 Å². The van der Waals surface area contributed by atoms with Gasteiger partial charge in [0, 0.05) is 30.7 Å². The van der Waals surface area contributed by atoms with Crippen molar-refractivity contribution in [1.82, 2.24) is 10.6 Å². The van der Waals surface area contributed by atoms with Gasteiger partial charge >= 0.3 is 0 Å². The Kier molecular flexibility index (Phi) is 7.99. The number of carbonyl (C=O) groups excluding carboxylic acids is 1. The molecule has 1 aromatic carbocycles. The Bertz CT molecular complexity index is 542. The van der Waals surface area contributed by atoms with E-state index >= 15 is 0 Å². The second-order valence-corrected chi connectivity index (χ2v) is 7.39. The highest BCUT2D eigenvalue weighted by molar-refractivity contribution is 7.99. The van der Waals surface area contributed by atoms with Crippen molar-refractivity contribution in [3.63, 3.8) is 0 Å². The number of carbonyl (C=O) groups is 1.